The van der Waals surface area contributed by atoms with Crippen LogP contribution in [0.2, 0.25) is 10.0 Å². The van der Waals surface area contributed by atoms with E-state index >= 15 is 0 Å². The molecule has 1 aliphatic heterocycles. The summed E-state index contributed by atoms with van der Waals surface area (Å²) in [5.41, 5.74) is 1.23. The van der Waals surface area contributed by atoms with Crippen molar-refractivity contribution < 1.29 is 9.59 Å². The van der Waals surface area contributed by atoms with Crippen LogP contribution in [0.3, 0.4) is 0 Å². The van der Waals surface area contributed by atoms with Gasteiger partial charge in [-0.05, 0) is 38.0 Å². The number of piperazine rings is 1. The van der Waals surface area contributed by atoms with Crippen molar-refractivity contribution in [1.82, 2.24) is 14.8 Å². The van der Waals surface area contributed by atoms with Gasteiger partial charge in [-0.2, -0.15) is 0 Å². The molecule has 0 aliphatic carbocycles. The molecule has 1 aromatic carbocycles. The Morgan fingerprint density at radius 3 is 2.33 bits per heavy atom. The third kappa shape index (κ3) is 4.45. The van der Waals surface area contributed by atoms with Crippen molar-refractivity contribution in [3.63, 3.8) is 0 Å². The highest BCUT2D eigenvalue weighted by molar-refractivity contribution is 7.13. The number of rotatable bonds is 4. The summed E-state index contributed by atoms with van der Waals surface area (Å²) in [6.07, 6.45) is 1.90. The topological polar surface area (TPSA) is 53.5 Å². The number of aromatic nitrogens is 1. The molecule has 5 nitrogen and oxygen atoms in total. The summed E-state index contributed by atoms with van der Waals surface area (Å²) in [7, 11) is 0. The first kappa shape index (κ1) is 20.1. The molecule has 1 aromatic heterocycles. The van der Waals surface area contributed by atoms with Crippen LogP contribution >= 0.6 is 34.5 Å². The first-order valence-electron chi connectivity index (χ1n) is 8.90. The van der Waals surface area contributed by atoms with Crippen LogP contribution in [-0.2, 0) is 6.42 Å². The van der Waals surface area contributed by atoms with Gasteiger partial charge in [-0.3, -0.25) is 9.59 Å². The number of hydrogen-bond donors (Lipinski definition) is 0. The predicted octanol–water partition coefficient (Wildman–Crippen LogP) is 4.31. The van der Waals surface area contributed by atoms with Gasteiger partial charge in [0.2, 0.25) is 0 Å². The van der Waals surface area contributed by atoms with Gasteiger partial charge in [0.1, 0.15) is 4.88 Å². The lowest BCUT2D eigenvalue weighted by molar-refractivity contribution is 0.0537. The minimum absolute atomic E-state index is 0.00368. The molecular formula is C19H21Cl2N3O2S. The molecule has 2 aromatic rings. The molecule has 3 rings (SSSR count). The summed E-state index contributed by atoms with van der Waals surface area (Å²) >= 11 is 13.5. The van der Waals surface area contributed by atoms with Crippen molar-refractivity contribution in [2.75, 3.05) is 26.2 Å². The van der Waals surface area contributed by atoms with Crippen LogP contribution in [0.15, 0.2) is 18.2 Å². The zero-order valence-electron chi connectivity index (χ0n) is 15.3. The highest BCUT2D eigenvalue weighted by atomic mass is 35.5. The number of carbonyl (C=O) groups excluding carboxylic acids is 2. The molecule has 2 amide bonds. The van der Waals surface area contributed by atoms with E-state index in [0.717, 1.165) is 23.5 Å². The van der Waals surface area contributed by atoms with E-state index in [9.17, 15) is 9.59 Å². The first-order valence-corrected chi connectivity index (χ1v) is 10.5. The Kier molecular flexibility index (Phi) is 6.40. The maximum atomic E-state index is 12.8. The number of amides is 2. The second-order valence-corrected chi connectivity index (χ2v) is 8.41. The molecule has 1 aliphatic rings. The van der Waals surface area contributed by atoms with E-state index < -0.39 is 0 Å². The van der Waals surface area contributed by atoms with E-state index in [1.54, 1.807) is 28.0 Å². The second-order valence-electron chi connectivity index (χ2n) is 6.48. The third-order valence-electron chi connectivity index (χ3n) is 4.51. The summed E-state index contributed by atoms with van der Waals surface area (Å²) < 4.78 is 0. The molecule has 27 heavy (non-hydrogen) atoms. The molecule has 144 valence electrons. The van der Waals surface area contributed by atoms with E-state index in [-0.39, 0.29) is 11.8 Å². The summed E-state index contributed by atoms with van der Waals surface area (Å²) in [6.45, 7) is 5.92. The molecule has 0 bridgehead atoms. The van der Waals surface area contributed by atoms with Crippen LogP contribution in [0.4, 0.5) is 0 Å². The molecule has 8 heteroatoms. The lowest BCUT2D eigenvalue weighted by Crippen LogP contribution is -2.50. The van der Waals surface area contributed by atoms with E-state index in [0.29, 0.717) is 46.7 Å². The second kappa shape index (κ2) is 8.59. The molecule has 0 spiro atoms. The summed E-state index contributed by atoms with van der Waals surface area (Å²) in [6, 6.07) is 4.86. The Balaban J connectivity index is 1.64. The molecule has 0 saturated carbocycles. The van der Waals surface area contributed by atoms with Gasteiger partial charge in [0.15, 0.2) is 0 Å². The average molecular weight is 426 g/mol. The maximum Gasteiger partial charge on any atom is 0.265 e. The lowest BCUT2D eigenvalue weighted by atomic mass is 10.1. The summed E-state index contributed by atoms with van der Waals surface area (Å²) in [5.74, 6) is -0.132. The highest BCUT2D eigenvalue weighted by Gasteiger charge is 2.28. The number of thiazole rings is 1. The SMILES string of the molecule is CCCc1nc(C)c(C(=O)N2CCN(C(=O)c3ccc(Cl)cc3Cl)CC2)s1. The fourth-order valence-electron chi connectivity index (χ4n) is 3.06. The van der Waals surface area contributed by atoms with E-state index in [4.69, 9.17) is 23.2 Å². The Labute approximate surface area is 172 Å². The molecule has 1 fully saturated rings. The Bertz CT molecular complexity index is 861. The van der Waals surface area contributed by atoms with E-state index in [1.807, 2.05) is 6.92 Å². The largest absolute Gasteiger partial charge is 0.335 e. The number of nitrogens with zero attached hydrogens (tertiary/aromatic N) is 3. The molecule has 0 radical (unpaired) electrons. The Hall–Kier alpha value is -1.63. The van der Waals surface area contributed by atoms with Crippen LogP contribution < -0.4 is 0 Å². The van der Waals surface area contributed by atoms with E-state index in [1.165, 1.54) is 11.3 Å². The number of carbonyl (C=O) groups is 2. The van der Waals surface area contributed by atoms with Gasteiger partial charge in [0.25, 0.3) is 11.8 Å². The standard InChI is InChI=1S/C19H21Cl2N3O2S/c1-3-4-16-22-12(2)17(27-16)19(26)24-9-7-23(8-10-24)18(25)14-6-5-13(20)11-15(14)21/h5-6,11H,3-4,7-10H2,1-2H3. The van der Waals surface area contributed by atoms with Crippen molar-refractivity contribution in [2.24, 2.45) is 0 Å². The number of hydrogen-bond acceptors (Lipinski definition) is 4. The van der Waals surface area contributed by atoms with Crippen LogP contribution in [0.5, 0.6) is 0 Å². The van der Waals surface area contributed by atoms with Gasteiger partial charge in [0.05, 0.1) is 21.3 Å². The minimum Gasteiger partial charge on any atom is -0.335 e. The van der Waals surface area contributed by atoms with Crippen LogP contribution in [-0.4, -0.2) is 52.8 Å². The zero-order valence-corrected chi connectivity index (χ0v) is 17.6. The fourth-order valence-corrected chi connectivity index (χ4v) is 4.68. The van der Waals surface area contributed by atoms with Gasteiger partial charge >= 0.3 is 0 Å². The molecule has 0 unspecified atom stereocenters. The monoisotopic (exact) mass is 425 g/mol. The van der Waals surface area contributed by atoms with Gasteiger partial charge in [0, 0.05) is 31.2 Å². The third-order valence-corrected chi connectivity index (χ3v) is 6.27. The molecule has 2 heterocycles. The Morgan fingerprint density at radius 1 is 1.11 bits per heavy atom. The summed E-state index contributed by atoms with van der Waals surface area (Å²) in [4.78, 5) is 34.3. The quantitative estimate of drug-likeness (QED) is 0.732. The number of halogens is 2. The van der Waals surface area contributed by atoms with Crippen molar-refractivity contribution >= 4 is 46.4 Å². The van der Waals surface area contributed by atoms with Crippen LogP contribution in [0.25, 0.3) is 0 Å². The minimum atomic E-state index is -0.136. The highest BCUT2D eigenvalue weighted by Crippen LogP contribution is 2.24. The van der Waals surface area contributed by atoms with Crippen LogP contribution in [0, 0.1) is 6.92 Å². The van der Waals surface area contributed by atoms with Crippen molar-refractivity contribution in [2.45, 2.75) is 26.7 Å². The predicted molar refractivity (Wildman–Crippen MR) is 109 cm³/mol. The summed E-state index contributed by atoms with van der Waals surface area (Å²) in [5, 5.41) is 1.84. The molecule has 1 saturated heterocycles. The zero-order chi connectivity index (χ0) is 19.6. The van der Waals surface area contributed by atoms with Gasteiger partial charge in [-0.15, -0.1) is 11.3 Å². The molecule has 0 atom stereocenters. The number of benzene rings is 1. The van der Waals surface area contributed by atoms with E-state index in [2.05, 4.69) is 11.9 Å². The van der Waals surface area contributed by atoms with Crippen molar-refractivity contribution in [3.8, 4) is 0 Å². The Morgan fingerprint density at radius 2 is 1.74 bits per heavy atom. The van der Waals surface area contributed by atoms with Gasteiger partial charge in [-0.1, -0.05) is 30.1 Å². The normalized spacial score (nSPS) is 14.5. The lowest BCUT2D eigenvalue weighted by Gasteiger charge is -2.34. The van der Waals surface area contributed by atoms with Crippen molar-refractivity contribution in [3.05, 3.63) is 49.4 Å². The molecular weight excluding hydrogens is 405 g/mol. The van der Waals surface area contributed by atoms with Crippen molar-refractivity contribution in [1.29, 1.82) is 0 Å². The smallest absolute Gasteiger partial charge is 0.265 e. The fraction of sp³-hybridized carbons (Fsp3) is 0.421. The first-order chi connectivity index (χ1) is 12.9. The number of aryl methyl sites for hydroxylation is 2. The molecule has 0 N–H and O–H groups in total. The van der Waals surface area contributed by atoms with Gasteiger partial charge in [-0.25, -0.2) is 4.98 Å². The average Bonchev–Trinajstić information content (AvgIpc) is 3.01. The van der Waals surface area contributed by atoms with Gasteiger partial charge < -0.3 is 9.80 Å². The maximum absolute atomic E-state index is 12.8. The van der Waals surface area contributed by atoms with Crippen LogP contribution in [0.1, 0.15) is 44.1 Å².